The minimum Gasteiger partial charge on any atom is -0.482 e. The van der Waals surface area contributed by atoms with Gasteiger partial charge in [0.1, 0.15) is 23.9 Å². The number of aliphatic hydroxyl groups excluding tert-OH is 1. The molecule has 324 valence electrons. The second-order valence-electron chi connectivity index (χ2n) is 17.1. The Morgan fingerprint density at radius 2 is 1.61 bits per heavy atom. The lowest BCUT2D eigenvalue weighted by Crippen LogP contribution is -2.61. The maximum absolute atomic E-state index is 14.4. The van der Waals surface area contributed by atoms with Crippen molar-refractivity contribution in [1.82, 2.24) is 25.4 Å². The van der Waals surface area contributed by atoms with E-state index in [2.05, 4.69) is 20.5 Å². The summed E-state index contributed by atoms with van der Waals surface area (Å²) < 4.78 is 11.7. The van der Waals surface area contributed by atoms with E-state index in [-0.39, 0.29) is 37.8 Å². The van der Waals surface area contributed by atoms with Gasteiger partial charge >= 0.3 is 11.9 Å². The second-order valence-corrected chi connectivity index (χ2v) is 17.1. The normalized spacial score (nSPS) is 19.5. The number of nitrogens with zero attached hydrogens (tertiary/aromatic N) is 3. The number of nitrogens with one attached hydrogen (secondary N) is 2. The molecule has 4 aromatic rings. The van der Waals surface area contributed by atoms with E-state index >= 15 is 0 Å². The van der Waals surface area contributed by atoms with Gasteiger partial charge in [-0.1, -0.05) is 72.8 Å². The zero-order valence-electron chi connectivity index (χ0n) is 35.1. The lowest BCUT2D eigenvalue weighted by molar-refractivity contribution is -0.153. The number of piperazine rings is 1. The number of carbonyl (C=O) groups excluding carboxylic acids is 3. The average Bonchev–Trinajstić information content (AvgIpc) is 3.56. The molecule has 2 amide bonds. The molecule has 0 spiro atoms. The van der Waals surface area contributed by atoms with E-state index in [1.54, 1.807) is 30.5 Å². The quantitative estimate of drug-likeness (QED) is 0.0918. The van der Waals surface area contributed by atoms with Crippen molar-refractivity contribution in [2.75, 3.05) is 32.8 Å². The van der Waals surface area contributed by atoms with Crippen LogP contribution in [0.4, 0.5) is 0 Å². The lowest BCUT2D eigenvalue weighted by atomic mass is 9.91. The van der Waals surface area contributed by atoms with E-state index < -0.39 is 53.7 Å². The number of aliphatic carboxylic acids is 1. The molecule has 61 heavy (non-hydrogen) atoms. The van der Waals surface area contributed by atoms with Crippen molar-refractivity contribution in [3.05, 3.63) is 131 Å². The van der Waals surface area contributed by atoms with E-state index in [1.165, 1.54) is 0 Å². The highest BCUT2D eigenvalue weighted by Crippen LogP contribution is 2.34. The Morgan fingerprint density at radius 3 is 2.31 bits per heavy atom. The Kier molecular flexibility index (Phi) is 15.3. The maximum atomic E-state index is 14.4. The molecule has 6 N–H and O–H groups in total. The van der Waals surface area contributed by atoms with Crippen LogP contribution in [-0.2, 0) is 49.7 Å². The number of carbonyl (C=O) groups is 4. The summed E-state index contributed by atoms with van der Waals surface area (Å²) in [7, 11) is 0. The smallest absolute Gasteiger partial charge is 0.344 e. The number of rotatable bonds is 18. The number of benzene rings is 3. The van der Waals surface area contributed by atoms with Crippen LogP contribution >= 0.6 is 0 Å². The third-order valence-corrected chi connectivity index (χ3v) is 11.0. The van der Waals surface area contributed by atoms with Crippen LogP contribution in [0.15, 0.2) is 103 Å². The minimum atomic E-state index is -1.09. The molecule has 1 saturated heterocycles. The van der Waals surface area contributed by atoms with Crippen molar-refractivity contribution in [2.45, 2.75) is 88.9 Å². The third kappa shape index (κ3) is 13.2. The highest BCUT2D eigenvalue weighted by Gasteiger charge is 2.39. The summed E-state index contributed by atoms with van der Waals surface area (Å²) in [6, 6.07) is 25.7. The first kappa shape index (κ1) is 44.9. The zero-order valence-corrected chi connectivity index (χ0v) is 35.1. The van der Waals surface area contributed by atoms with Gasteiger partial charge in [-0.25, -0.2) is 4.79 Å². The summed E-state index contributed by atoms with van der Waals surface area (Å²) in [5.74, 6) is -2.35. The molecule has 14 nitrogen and oxygen atoms in total. The Balaban J connectivity index is 1.12. The number of aliphatic hydroxyl groups is 1. The van der Waals surface area contributed by atoms with E-state index in [0.717, 1.165) is 22.3 Å². The average molecular weight is 835 g/mol. The summed E-state index contributed by atoms with van der Waals surface area (Å²) >= 11 is 0. The van der Waals surface area contributed by atoms with Gasteiger partial charge in [0.25, 0.3) is 0 Å². The number of hydrogen-bond donors (Lipinski definition) is 5. The van der Waals surface area contributed by atoms with Gasteiger partial charge in [0.2, 0.25) is 11.8 Å². The standard InChI is InChI=1S/C47H58N6O8/c1-47(2,3)51-45(57)40-29-52(27-33-12-9-19-49-26-33)20-21-53(40)28-36(54)24-35(22-31-10-5-4-6-11-31)44(56)50-43-38-14-8-7-13-34(38)25-41(43)61-42(55)30-60-37-17-15-32(16-18-37)23-39(48)46(58)59/h4-19,26,35-36,39-41,43,54H,20-25,27-30,48H2,1-3H3,(H,50,56)(H,51,57)(H,58,59)/t35-,36+,39+,40+,41-,43+/m1/s1. The highest BCUT2D eigenvalue weighted by atomic mass is 16.6. The summed E-state index contributed by atoms with van der Waals surface area (Å²) in [6.45, 7) is 8.03. The minimum absolute atomic E-state index is 0.115. The van der Waals surface area contributed by atoms with Gasteiger partial charge in [-0.15, -0.1) is 0 Å². The van der Waals surface area contributed by atoms with E-state index in [4.69, 9.17) is 20.3 Å². The van der Waals surface area contributed by atoms with Gasteiger partial charge < -0.3 is 36.1 Å². The summed E-state index contributed by atoms with van der Waals surface area (Å²) in [4.78, 5) is 61.0. The summed E-state index contributed by atoms with van der Waals surface area (Å²) in [6.07, 6.45) is 2.98. The van der Waals surface area contributed by atoms with Crippen LogP contribution in [0.5, 0.6) is 5.75 Å². The van der Waals surface area contributed by atoms with Gasteiger partial charge in [0, 0.05) is 63.0 Å². The Hall–Kier alpha value is -5.67. The van der Waals surface area contributed by atoms with Crippen LogP contribution in [-0.4, -0.2) is 111 Å². The number of esters is 1. The van der Waals surface area contributed by atoms with Crippen molar-refractivity contribution in [3.63, 3.8) is 0 Å². The second kappa shape index (κ2) is 20.7. The third-order valence-electron chi connectivity index (χ3n) is 11.0. The number of aromatic nitrogens is 1. The zero-order chi connectivity index (χ0) is 43.5. The first-order valence-corrected chi connectivity index (χ1v) is 20.9. The molecule has 0 radical (unpaired) electrons. The molecule has 2 heterocycles. The topological polar surface area (TPSA) is 197 Å². The van der Waals surface area contributed by atoms with E-state index in [1.807, 2.05) is 98.6 Å². The monoisotopic (exact) mass is 834 g/mol. The molecule has 1 aliphatic heterocycles. The molecule has 6 rings (SSSR count). The van der Waals surface area contributed by atoms with Crippen LogP contribution < -0.4 is 21.1 Å². The number of pyridine rings is 1. The molecular formula is C47H58N6O8. The number of carboxylic acids is 1. The predicted molar refractivity (Wildman–Crippen MR) is 229 cm³/mol. The SMILES string of the molecule is CC(C)(C)NC(=O)[C@@H]1CN(Cc2cccnc2)CCN1C[C@@H](O)C[C@@H](Cc1ccccc1)C(=O)N[C@H]1c2ccccc2C[C@H]1OC(=O)COc1ccc(C[C@H](N)C(=O)O)cc1. The molecular weight excluding hydrogens is 777 g/mol. The van der Waals surface area contributed by atoms with Gasteiger partial charge in [-0.05, 0) is 86.1 Å². The predicted octanol–water partition coefficient (Wildman–Crippen LogP) is 3.45. The fourth-order valence-electron chi connectivity index (χ4n) is 8.06. The number of ether oxygens (including phenoxy) is 2. The summed E-state index contributed by atoms with van der Waals surface area (Å²) in [5, 5.41) is 27.2. The Morgan fingerprint density at radius 1 is 0.902 bits per heavy atom. The van der Waals surface area contributed by atoms with E-state index in [9.17, 15) is 24.3 Å². The molecule has 6 atom stereocenters. The molecule has 0 bridgehead atoms. The van der Waals surface area contributed by atoms with Crippen molar-refractivity contribution < 1.29 is 38.9 Å². The van der Waals surface area contributed by atoms with Crippen LogP contribution in [0.2, 0.25) is 0 Å². The fraction of sp³-hybridized carbons (Fsp3) is 0.426. The van der Waals surface area contributed by atoms with Crippen molar-refractivity contribution in [3.8, 4) is 5.75 Å². The molecule has 0 saturated carbocycles. The first-order valence-electron chi connectivity index (χ1n) is 20.9. The molecule has 1 aromatic heterocycles. The van der Waals surface area contributed by atoms with Crippen molar-refractivity contribution in [2.24, 2.45) is 11.7 Å². The number of carboxylic acid groups (broad SMARTS) is 1. The van der Waals surface area contributed by atoms with Gasteiger partial charge in [0.15, 0.2) is 6.61 Å². The summed E-state index contributed by atoms with van der Waals surface area (Å²) in [5.41, 5.74) is 9.70. The Bertz CT molecular complexity index is 2080. The molecule has 14 heteroatoms. The van der Waals surface area contributed by atoms with E-state index in [0.29, 0.717) is 50.3 Å². The number of hydrogen-bond acceptors (Lipinski definition) is 11. The first-order chi connectivity index (χ1) is 29.2. The molecule has 2 aliphatic rings. The number of fused-ring (bicyclic) bond motifs is 1. The van der Waals surface area contributed by atoms with Crippen LogP contribution in [0, 0.1) is 5.92 Å². The van der Waals surface area contributed by atoms with Crippen LogP contribution in [0.25, 0.3) is 0 Å². The Labute approximate surface area is 357 Å². The molecule has 1 aliphatic carbocycles. The molecule has 0 unspecified atom stereocenters. The van der Waals surface area contributed by atoms with Crippen LogP contribution in [0.1, 0.15) is 61.1 Å². The number of nitrogens with two attached hydrogens (primary N) is 1. The van der Waals surface area contributed by atoms with Crippen LogP contribution in [0.3, 0.4) is 0 Å². The molecule has 3 aromatic carbocycles. The van der Waals surface area contributed by atoms with Crippen molar-refractivity contribution in [1.29, 1.82) is 0 Å². The molecule has 1 fully saturated rings. The van der Waals surface area contributed by atoms with Gasteiger partial charge in [-0.3, -0.25) is 29.2 Å². The largest absolute Gasteiger partial charge is 0.482 e. The highest BCUT2D eigenvalue weighted by molar-refractivity contribution is 5.83. The van der Waals surface area contributed by atoms with Gasteiger partial charge in [-0.2, -0.15) is 0 Å². The van der Waals surface area contributed by atoms with Gasteiger partial charge in [0.05, 0.1) is 12.1 Å². The number of β-amino-alcohol motifs (C(OH)–C–C–N with tert-alkyl or cyclic N) is 1. The van der Waals surface area contributed by atoms with Crippen molar-refractivity contribution >= 4 is 23.8 Å². The number of amides is 2. The maximum Gasteiger partial charge on any atom is 0.344 e. The lowest BCUT2D eigenvalue weighted by Gasteiger charge is -2.42. The fourth-order valence-corrected chi connectivity index (χ4v) is 8.06.